The highest BCUT2D eigenvalue weighted by Crippen LogP contribution is 1.91. The second kappa shape index (κ2) is 5.83. The van der Waals surface area contributed by atoms with E-state index in [9.17, 15) is 0 Å². The molecule has 0 amide bonds. The maximum Gasteiger partial charge on any atom is -0.00934 e. The van der Waals surface area contributed by atoms with Gasteiger partial charge in [-0.3, -0.25) is 0 Å². The van der Waals surface area contributed by atoms with Gasteiger partial charge in [-0.25, -0.2) is 0 Å². The second-order valence-electron chi connectivity index (χ2n) is 2.53. The Balaban J connectivity index is 0.000000148. The molecule has 52 valence electrons. The molecule has 0 nitrogen and oxygen atoms in total. The van der Waals surface area contributed by atoms with Gasteiger partial charge in [-0.2, -0.15) is 11.3 Å². The van der Waals surface area contributed by atoms with E-state index in [2.05, 4.69) is 20.8 Å². The molecule has 0 radical (unpaired) electrons. The van der Waals surface area contributed by atoms with Crippen molar-refractivity contribution in [1.29, 1.82) is 0 Å². The van der Waals surface area contributed by atoms with E-state index < -0.39 is 0 Å². The lowest BCUT2D eigenvalue weighted by Crippen LogP contribution is -1.66. The Morgan fingerprint density at radius 2 is 1.33 bits per heavy atom. The van der Waals surface area contributed by atoms with Gasteiger partial charge in [0.15, 0.2) is 0 Å². The van der Waals surface area contributed by atoms with Crippen LogP contribution in [0.5, 0.6) is 0 Å². The maximum absolute atomic E-state index is 2.17. The molecule has 1 rings (SSSR count). The molecular weight excluding hydrogens is 128 g/mol. The Kier molecular flexibility index (Phi) is 5.64. The molecule has 0 aromatic carbocycles. The van der Waals surface area contributed by atoms with E-state index in [1.165, 1.54) is 0 Å². The van der Waals surface area contributed by atoms with Crippen molar-refractivity contribution in [3.05, 3.63) is 22.9 Å². The first-order valence-electron chi connectivity index (χ1n) is 3.20. The van der Waals surface area contributed by atoms with Crippen molar-refractivity contribution in [1.82, 2.24) is 0 Å². The second-order valence-corrected chi connectivity index (χ2v) is 3.34. The highest BCUT2D eigenvalue weighted by Gasteiger charge is 1.68. The molecule has 0 atom stereocenters. The third-order valence-electron chi connectivity index (χ3n) is 0.425. The van der Waals surface area contributed by atoms with Crippen molar-refractivity contribution in [2.75, 3.05) is 0 Å². The van der Waals surface area contributed by atoms with Gasteiger partial charge in [0.25, 0.3) is 0 Å². The van der Waals surface area contributed by atoms with Gasteiger partial charge in [-0.05, 0) is 16.7 Å². The van der Waals surface area contributed by atoms with E-state index in [1.54, 1.807) is 11.3 Å². The maximum atomic E-state index is 2.17. The Morgan fingerprint density at radius 3 is 1.44 bits per heavy atom. The molecule has 0 aliphatic rings. The highest BCUT2D eigenvalue weighted by molar-refractivity contribution is 7.07. The van der Waals surface area contributed by atoms with Gasteiger partial charge in [0.2, 0.25) is 0 Å². The Labute approximate surface area is 61.5 Å². The zero-order valence-corrected chi connectivity index (χ0v) is 7.11. The monoisotopic (exact) mass is 142 g/mol. The average Bonchev–Trinajstić information content (AvgIpc) is 2.11. The normalized spacial score (nSPS) is 8.44. The van der Waals surface area contributed by atoms with Crippen LogP contribution in [0.4, 0.5) is 0 Å². The lowest BCUT2D eigenvalue weighted by molar-refractivity contribution is 0.737. The van der Waals surface area contributed by atoms with Gasteiger partial charge in [0, 0.05) is 0 Å². The Morgan fingerprint density at radius 1 is 1.00 bits per heavy atom. The molecule has 0 N–H and O–H groups in total. The third-order valence-corrected chi connectivity index (χ3v) is 1.05. The third kappa shape index (κ3) is 11.3. The molecule has 1 heteroatoms. The van der Waals surface area contributed by atoms with E-state index in [0.717, 1.165) is 5.92 Å². The summed E-state index contributed by atoms with van der Waals surface area (Å²) in [4.78, 5) is 0. The fraction of sp³-hybridized carbons (Fsp3) is 0.500. The zero-order valence-electron chi connectivity index (χ0n) is 6.29. The standard InChI is InChI=1S/C4H4S.C4H10/c1-2-4-5-3-1;1-4(2)3/h1-4H;4H,1-3H3. The molecule has 0 spiro atoms. The summed E-state index contributed by atoms with van der Waals surface area (Å²) in [6.45, 7) is 6.50. The summed E-state index contributed by atoms with van der Waals surface area (Å²) in [7, 11) is 0. The van der Waals surface area contributed by atoms with Gasteiger partial charge < -0.3 is 0 Å². The fourth-order valence-corrected chi connectivity index (χ4v) is 0.680. The van der Waals surface area contributed by atoms with Crippen LogP contribution in [-0.2, 0) is 0 Å². The minimum atomic E-state index is 0.833. The largest absolute Gasteiger partial charge is 0.152 e. The number of hydrogen-bond donors (Lipinski definition) is 0. The number of thiophene rings is 1. The van der Waals surface area contributed by atoms with Gasteiger partial charge >= 0.3 is 0 Å². The first-order chi connectivity index (χ1) is 4.23. The molecule has 0 bridgehead atoms. The molecule has 9 heavy (non-hydrogen) atoms. The summed E-state index contributed by atoms with van der Waals surface area (Å²) in [5, 5.41) is 4.08. The topological polar surface area (TPSA) is 0 Å². The average molecular weight is 142 g/mol. The van der Waals surface area contributed by atoms with Gasteiger partial charge in [-0.1, -0.05) is 32.9 Å². The van der Waals surface area contributed by atoms with Crippen LogP contribution < -0.4 is 0 Å². The van der Waals surface area contributed by atoms with Gasteiger partial charge in [-0.15, -0.1) is 0 Å². The number of hydrogen-bond acceptors (Lipinski definition) is 1. The Bertz CT molecular complexity index is 88.2. The molecule has 0 aliphatic heterocycles. The minimum Gasteiger partial charge on any atom is -0.152 e. The Hall–Kier alpha value is -0.300. The molecule has 1 aromatic heterocycles. The molecule has 0 saturated heterocycles. The summed E-state index contributed by atoms with van der Waals surface area (Å²) in [6, 6.07) is 4.04. The summed E-state index contributed by atoms with van der Waals surface area (Å²) in [5.41, 5.74) is 0. The first-order valence-corrected chi connectivity index (χ1v) is 4.15. The van der Waals surface area contributed by atoms with Crippen molar-refractivity contribution in [2.45, 2.75) is 20.8 Å². The van der Waals surface area contributed by atoms with Gasteiger partial charge in [0.05, 0.1) is 0 Å². The van der Waals surface area contributed by atoms with Crippen LogP contribution in [0.25, 0.3) is 0 Å². The predicted octanol–water partition coefficient (Wildman–Crippen LogP) is 3.41. The first kappa shape index (κ1) is 8.70. The lowest BCUT2D eigenvalue weighted by atomic mass is 10.3. The molecule has 1 aromatic rings. The predicted molar refractivity (Wildman–Crippen MR) is 44.8 cm³/mol. The van der Waals surface area contributed by atoms with E-state index in [-0.39, 0.29) is 0 Å². The zero-order chi connectivity index (χ0) is 7.11. The van der Waals surface area contributed by atoms with Crippen LogP contribution in [0.3, 0.4) is 0 Å². The van der Waals surface area contributed by atoms with Gasteiger partial charge in [0.1, 0.15) is 0 Å². The summed E-state index contributed by atoms with van der Waals surface area (Å²) < 4.78 is 0. The van der Waals surface area contributed by atoms with Crippen molar-refractivity contribution in [3.8, 4) is 0 Å². The van der Waals surface area contributed by atoms with E-state index in [4.69, 9.17) is 0 Å². The smallest absolute Gasteiger partial charge is 0.00934 e. The molecule has 0 aliphatic carbocycles. The van der Waals surface area contributed by atoms with E-state index in [1.807, 2.05) is 22.9 Å². The number of rotatable bonds is 0. The van der Waals surface area contributed by atoms with Crippen molar-refractivity contribution < 1.29 is 0 Å². The SMILES string of the molecule is CC(C)C.c1ccsc1. The minimum absolute atomic E-state index is 0.833. The molecule has 0 saturated carbocycles. The molecule has 1 heterocycles. The molecule has 0 unspecified atom stereocenters. The summed E-state index contributed by atoms with van der Waals surface area (Å²) in [6.07, 6.45) is 0. The van der Waals surface area contributed by atoms with Crippen LogP contribution >= 0.6 is 11.3 Å². The van der Waals surface area contributed by atoms with Crippen molar-refractivity contribution in [2.24, 2.45) is 5.92 Å². The van der Waals surface area contributed by atoms with Crippen molar-refractivity contribution >= 4 is 11.3 Å². The van der Waals surface area contributed by atoms with Crippen LogP contribution in [0.15, 0.2) is 22.9 Å². The van der Waals surface area contributed by atoms with E-state index >= 15 is 0 Å². The fourth-order valence-electron chi connectivity index (χ4n) is 0.227. The molecular formula is C8H14S. The summed E-state index contributed by atoms with van der Waals surface area (Å²) >= 11 is 1.71. The van der Waals surface area contributed by atoms with Crippen LogP contribution in [0.1, 0.15) is 20.8 Å². The van der Waals surface area contributed by atoms with Crippen LogP contribution in [0.2, 0.25) is 0 Å². The highest BCUT2D eigenvalue weighted by atomic mass is 32.1. The lowest BCUT2D eigenvalue weighted by Gasteiger charge is -1.79. The quantitative estimate of drug-likeness (QED) is 0.520. The molecule has 0 fully saturated rings. The summed E-state index contributed by atoms with van der Waals surface area (Å²) in [5.74, 6) is 0.833. The van der Waals surface area contributed by atoms with E-state index in [0.29, 0.717) is 0 Å². The van der Waals surface area contributed by atoms with Crippen molar-refractivity contribution in [3.63, 3.8) is 0 Å². The van der Waals surface area contributed by atoms with Crippen LogP contribution in [0, 0.1) is 5.92 Å². The van der Waals surface area contributed by atoms with Crippen LogP contribution in [-0.4, -0.2) is 0 Å².